The van der Waals surface area contributed by atoms with Crippen molar-refractivity contribution in [1.29, 1.82) is 0 Å². The van der Waals surface area contributed by atoms with Crippen LogP contribution in [0.15, 0.2) is 47.9 Å². The van der Waals surface area contributed by atoms with Gasteiger partial charge in [0.05, 0.1) is 43.7 Å². The molecule has 3 heterocycles. The van der Waals surface area contributed by atoms with E-state index >= 15 is 0 Å². The first-order valence-electron chi connectivity index (χ1n) is 14.9. The number of rotatable bonds is 7. The van der Waals surface area contributed by atoms with Crippen molar-refractivity contribution in [3.05, 3.63) is 70.1 Å². The van der Waals surface area contributed by atoms with Gasteiger partial charge >= 0.3 is 5.97 Å². The molecule has 0 spiro atoms. The van der Waals surface area contributed by atoms with E-state index in [4.69, 9.17) is 18.9 Å². The molecular formula is C34H37NO9. The molecule has 2 aliphatic heterocycles. The molecule has 0 bridgehead atoms. The maximum Gasteiger partial charge on any atom is 0.374 e. The average Bonchev–Trinajstić information content (AvgIpc) is 3.67. The van der Waals surface area contributed by atoms with Crippen molar-refractivity contribution in [3.8, 4) is 17.2 Å². The van der Waals surface area contributed by atoms with Crippen LogP contribution < -0.4 is 14.2 Å². The highest BCUT2D eigenvalue weighted by Gasteiger charge is 2.43. The van der Waals surface area contributed by atoms with Crippen LogP contribution in [0.4, 0.5) is 0 Å². The standard InChI is InChI=1S/C34H37NO9/c1-5-42-33(39)26-13-21(19-11-20(15-36)29(38)22(12-19)17-6-7-25-18(10-17)8-9-35-25)28-31(41-4)23-14-27(34(2,3)40)44-30(23)24(16-37)32(28)43-26/h6-10,13,20,22,27,35-37,40H,5,11-12,14-16H2,1-4H3. The number of ether oxygens (including phenoxy) is 4. The number of esters is 1. The van der Waals surface area contributed by atoms with Gasteiger partial charge in [0.1, 0.15) is 29.1 Å². The predicted octanol–water partition coefficient (Wildman–Crippen LogP) is 4.09. The molecule has 3 aromatic rings. The predicted molar refractivity (Wildman–Crippen MR) is 161 cm³/mol. The number of methoxy groups -OCH3 is 1. The van der Waals surface area contributed by atoms with Gasteiger partial charge in [-0.15, -0.1) is 0 Å². The summed E-state index contributed by atoms with van der Waals surface area (Å²) in [6.07, 6.45) is 3.74. The quantitative estimate of drug-likeness (QED) is 0.293. The minimum absolute atomic E-state index is 0.0491. The lowest BCUT2D eigenvalue weighted by molar-refractivity contribution is -0.141. The van der Waals surface area contributed by atoms with Crippen molar-refractivity contribution in [2.24, 2.45) is 5.92 Å². The van der Waals surface area contributed by atoms with Gasteiger partial charge in [0.15, 0.2) is 0 Å². The van der Waals surface area contributed by atoms with Gasteiger partial charge in [0.2, 0.25) is 5.76 Å². The average molecular weight is 604 g/mol. The second-order valence-electron chi connectivity index (χ2n) is 12.1. The van der Waals surface area contributed by atoms with E-state index in [0.717, 1.165) is 22.0 Å². The molecule has 232 valence electrons. The van der Waals surface area contributed by atoms with E-state index in [-0.39, 0.29) is 36.9 Å². The van der Waals surface area contributed by atoms with E-state index in [1.807, 2.05) is 30.5 Å². The molecular weight excluding hydrogens is 566 g/mol. The summed E-state index contributed by atoms with van der Waals surface area (Å²) in [7, 11) is 1.52. The molecule has 2 aromatic carbocycles. The Bertz CT molecular complexity index is 1710. The Kier molecular flexibility index (Phi) is 7.77. The summed E-state index contributed by atoms with van der Waals surface area (Å²) in [5.74, 6) is -1.05. The number of aromatic amines is 1. The Morgan fingerprint density at radius 3 is 2.61 bits per heavy atom. The fourth-order valence-electron chi connectivity index (χ4n) is 6.59. The molecule has 6 rings (SSSR count). The molecule has 1 aliphatic carbocycles. The number of carbonyl (C=O) groups excluding carboxylic acids is 2. The minimum atomic E-state index is -1.19. The molecule has 10 heteroatoms. The number of aromatic nitrogens is 1. The zero-order valence-electron chi connectivity index (χ0n) is 25.2. The molecule has 0 radical (unpaired) electrons. The zero-order chi connectivity index (χ0) is 31.3. The zero-order valence-corrected chi connectivity index (χ0v) is 25.2. The normalized spacial score (nSPS) is 23.0. The lowest BCUT2D eigenvalue weighted by Crippen LogP contribution is -2.39. The fraction of sp³-hybridized carbons (Fsp3) is 0.412. The third-order valence-corrected chi connectivity index (χ3v) is 8.85. The van der Waals surface area contributed by atoms with E-state index < -0.39 is 36.1 Å². The monoisotopic (exact) mass is 603 g/mol. The maximum atomic E-state index is 13.7. The molecule has 1 aromatic heterocycles. The number of aliphatic hydroxyl groups excluding tert-OH is 2. The van der Waals surface area contributed by atoms with Crippen molar-refractivity contribution in [3.63, 3.8) is 0 Å². The summed E-state index contributed by atoms with van der Waals surface area (Å²) in [6.45, 7) is 4.32. The number of carbonyl (C=O) groups is 2. The van der Waals surface area contributed by atoms with E-state index in [0.29, 0.717) is 46.6 Å². The Balaban J connectivity index is 1.57. The molecule has 1 saturated carbocycles. The van der Waals surface area contributed by atoms with Crippen molar-refractivity contribution < 1.29 is 43.9 Å². The van der Waals surface area contributed by atoms with E-state index in [1.54, 1.807) is 26.8 Å². The Morgan fingerprint density at radius 1 is 1.14 bits per heavy atom. The summed E-state index contributed by atoms with van der Waals surface area (Å²) >= 11 is 0. The third-order valence-electron chi connectivity index (χ3n) is 8.85. The highest BCUT2D eigenvalue weighted by molar-refractivity contribution is 5.99. The second-order valence-corrected chi connectivity index (χ2v) is 12.1. The van der Waals surface area contributed by atoms with E-state index in [1.165, 1.54) is 7.11 Å². The van der Waals surface area contributed by atoms with Crippen LogP contribution in [0.3, 0.4) is 0 Å². The lowest BCUT2D eigenvalue weighted by Gasteiger charge is -2.33. The van der Waals surface area contributed by atoms with Gasteiger partial charge in [0.25, 0.3) is 0 Å². The van der Waals surface area contributed by atoms with Gasteiger partial charge in [-0.25, -0.2) is 4.79 Å². The summed E-state index contributed by atoms with van der Waals surface area (Å²) < 4.78 is 23.6. The van der Waals surface area contributed by atoms with Crippen LogP contribution >= 0.6 is 0 Å². The number of nitrogens with one attached hydrogen (secondary N) is 1. The molecule has 1 fully saturated rings. The van der Waals surface area contributed by atoms with Gasteiger partial charge in [-0.1, -0.05) is 11.6 Å². The molecule has 10 nitrogen and oxygen atoms in total. The van der Waals surface area contributed by atoms with Crippen LogP contribution in [0.1, 0.15) is 61.8 Å². The van der Waals surface area contributed by atoms with Crippen molar-refractivity contribution in [1.82, 2.24) is 4.98 Å². The smallest absolute Gasteiger partial charge is 0.374 e. The number of ketones is 1. The highest BCUT2D eigenvalue weighted by Crippen LogP contribution is 2.55. The number of allylic oxidation sites excluding steroid dienone is 3. The van der Waals surface area contributed by atoms with Crippen molar-refractivity contribution in [2.75, 3.05) is 20.3 Å². The molecule has 0 saturated heterocycles. The van der Waals surface area contributed by atoms with Gasteiger partial charge in [-0.05, 0) is 74.4 Å². The van der Waals surface area contributed by atoms with Crippen molar-refractivity contribution in [2.45, 2.75) is 64.3 Å². The first kappa shape index (κ1) is 29.9. The molecule has 44 heavy (non-hydrogen) atoms. The lowest BCUT2D eigenvalue weighted by atomic mass is 9.72. The number of hydrogen-bond donors (Lipinski definition) is 4. The van der Waals surface area contributed by atoms with Crippen LogP contribution in [-0.2, 0) is 27.4 Å². The number of Topliss-reactive ketones (excluding diaryl/α,β-unsaturated/α-hetero) is 1. The first-order valence-corrected chi connectivity index (χ1v) is 14.9. The van der Waals surface area contributed by atoms with Crippen LogP contribution in [0, 0.1) is 5.92 Å². The molecule has 3 atom stereocenters. The Morgan fingerprint density at radius 2 is 1.93 bits per heavy atom. The second kappa shape index (κ2) is 11.4. The van der Waals surface area contributed by atoms with Crippen LogP contribution in [0.25, 0.3) is 16.5 Å². The maximum absolute atomic E-state index is 13.7. The molecule has 4 N–H and O–H groups in total. The van der Waals surface area contributed by atoms with Gasteiger partial charge in [-0.2, -0.15) is 0 Å². The molecule has 3 aliphatic rings. The molecule has 3 unspecified atom stereocenters. The van der Waals surface area contributed by atoms with Gasteiger partial charge in [-0.3, -0.25) is 4.79 Å². The number of hydrogen-bond acceptors (Lipinski definition) is 9. The van der Waals surface area contributed by atoms with Crippen LogP contribution in [0.2, 0.25) is 0 Å². The highest BCUT2D eigenvalue weighted by atomic mass is 16.6. The summed E-state index contributed by atoms with van der Waals surface area (Å²) in [6, 6.07) is 7.80. The summed E-state index contributed by atoms with van der Waals surface area (Å²) in [5, 5.41) is 32.7. The number of benzene rings is 2. The number of fused-ring (bicyclic) bond motifs is 3. The van der Waals surface area contributed by atoms with Crippen molar-refractivity contribution >= 4 is 28.2 Å². The van der Waals surface area contributed by atoms with Crippen LogP contribution in [-0.4, -0.2) is 64.1 Å². The number of aliphatic hydroxyl groups is 3. The summed E-state index contributed by atoms with van der Waals surface area (Å²) in [4.78, 5) is 29.9. The Hall–Kier alpha value is -4.12. The largest absolute Gasteiger partial charge is 0.496 e. The fourth-order valence-corrected chi connectivity index (χ4v) is 6.59. The van der Waals surface area contributed by atoms with Gasteiger partial charge < -0.3 is 39.3 Å². The first-order chi connectivity index (χ1) is 21.1. The number of H-pyrrole nitrogens is 1. The van der Waals surface area contributed by atoms with Crippen LogP contribution in [0.5, 0.6) is 17.2 Å². The SMILES string of the molecule is CCOC(=O)C1=CC(=C2CC(CO)C(=O)C(c3ccc4[nH]ccc4c3)C2)c2c(OC)c3c(c(CO)c2O1)OC(C(C)(C)O)C3. The van der Waals surface area contributed by atoms with E-state index in [9.17, 15) is 24.9 Å². The molecule has 0 amide bonds. The van der Waals surface area contributed by atoms with E-state index in [2.05, 4.69) is 4.98 Å². The third kappa shape index (κ3) is 4.96. The Labute approximate surface area is 254 Å². The minimum Gasteiger partial charge on any atom is -0.496 e. The van der Waals surface area contributed by atoms with Gasteiger partial charge in [0, 0.05) is 35.5 Å². The summed E-state index contributed by atoms with van der Waals surface area (Å²) in [5.41, 5.74) is 3.52. The topological polar surface area (TPSA) is 148 Å².